The number of sulfonamides is 1. The lowest BCUT2D eigenvalue weighted by Gasteiger charge is -2.36. The van der Waals surface area contributed by atoms with Crippen molar-refractivity contribution in [2.45, 2.75) is 30.4 Å². The lowest BCUT2D eigenvalue weighted by atomic mass is 10.1. The molecule has 0 spiro atoms. The van der Waals surface area contributed by atoms with Crippen LogP contribution in [0.4, 0.5) is 10.1 Å². The molecule has 3 aromatic rings. The summed E-state index contributed by atoms with van der Waals surface area (Å²) in [5.41, 5.74) is 1.85. The van der Waals surface area contributed by atoms with Gasteiger partial charge in [0.05, 0.1) is 12.8 Å². The van der Waals surface area contributed by atoms with Crippen LogP contribution in [0.2, 0.25) is 0 Å². The number of rotatable bonds is 8. The first-order chi connectivity index (χ1) is 18.8. The van der Waals surface area contributed by atoms with Crippen molar-refractivity contribution in [3.63, 3.8) is 0 Å². The van der Waals surface area contributed by atoms with Gasteiger partial charge in [-0.05, 0) is 54.1 Å². The zero-order chi connectivity index (χ0) is 27.4. The van der Waals surface area contributed by atoms with E-state index in [2.05, 4.69) is 21.9 Å². The molecule has 0 unspecified atom stereocenters. The maximum atomic E-state index is 14.1. The number of methoxy groups -OCH3 is 1. The van der Waals surface area contributed by atoms with Crippen LogP contribution in [0.5, 0.6) is 5.75 Å². The van der Waals surface area contributed by atoms with E-state index in [0.29, 0.717) is 31.6 Å². The molecule has 0 bridgehead atoms. The Balaban J connectivity index is 1.10. The van der Waals surface area contributed by atoms with Crippen LogP contribution < -0.4 is 9.64 Å². The Morgan fingerprint density at radius 1 is 0.974 bits per heavy atom. The van der Waals surface area contributed by atoms with Crippen molar-refractivity contribution in [2.24, 2.45) is 0 Å². The van der Waals surface area contributed by atoms with E-state index in [1.807, 2.05) is 24.3 Å². The van der Waals surface area contributed by atoms with Crippen LogP contribution in [0.15, 0.2) is 64.9 Å². The zero-order valence-corrected chi connectivity index (χ0v) is 23.4. The summed E-state index contributed by atoms with van der Waals surface area (Å²) in [6.07, 6.45) is 1.03. The van der Waals surface area contributed by atoms with E-state index in [1.54, 1.807) is 11.4 Å². The molecule has 1 aromatic heterocycles. The number of benzene rings is 2. The summed E-state index contributed by atoms with van der Waals surface area (Å²) in [6.45, 7) is 4.75. The van der Waals surface area contributed by atoms with E-state index in [-0.39, 0.29) is 21.7 Å². The molecule has 2 aliphatic rings. The third kappa shape index (κ3) is 6.27. The number of piperazine rings is 1. The van der Waals surface area contributed by atoms with Crippen molar-refractivity contribution < 1.29 is 27.1 Å². The highest BCUT2D eigenvalue weighted by Crippen LogP contribution is 2.29. The normalized spacial score (nSPS) is 17.7. The van der Waals surface area contributed by atoms with Gasteiger partial charge < -0.3 is 14.4 Å². The third-order valence-corrected chi connectivity index (χ3v) is 10.2. The van der Waals surface area contributed by atoms with Crippen molar-refractivity contribution >= 4 is 33.0 Å². The van der Waals surface area contributed by atoms with Gasteiger partial charge in [0.1, 0.15) is 27.4 Å². The smallest absolute Gasteiger partial charge is 0.349 e. The Labute approximate surface area is 232 Å². The van der Waals surface area contributed by atoms with E-state index in [9.17, 15) is 17.6 Å². The Morgan fingerprint density at radius 2 is 1.67 bits per heavy atom. The molecule has 208 valence electrons. The van der Waals surface area contributed by atoms with Crippen LogP contribution in [0.25, 0.3) is 0 Å². The van der Waals surface area contributed by atoms with Crippen LogP contribution in [0.1, 0.15) is 28.1 Å². The van der Waals surface area contributed by atoms with Gasteiger partial charge in [-0.15, -0.1) is 11.3 Å². The average Bonchev–Trinajstić information content (AvgIpc) is 3.46. The predicted molar refractivity (Wildman–Crippen MR) is 148 cm³/mol. The van der Waals surface area contributed by atoms with Gasteiger partial charge >= 0.3 is 5.97 Å². The summed E-state index contributed by atoms with van der Waals surface area (Å²) in [5, 5.41) is 1.59. The maximum Gasteiger partial charge on any atom is 0.349 e. The number of thiophene rings is 1. The fourth-order valence-corrected chi connectivity index (χ4v) is 7.83. The summed E-state index contributed by atoms with van der Waals surface area (Å²) in [6, 6.07) is 16.4. The van der Waals surface area contributed by atoms with Crippen LogP contribution in [-0.2, 0) is 21.3 Å². The predicted octanol–water partition coefficient (Wildman–Crippen LogP) is 4.23. The van der Waals surface area contributed by atoms with Crippen molar-refractivity contribution in [2.75, 3.05) is 51.3 Å². The second-order valence-corrected chi connectivity index (χ2v) is 12.5. The van der Waals surface area contributed by atoms with Gasteiger partial charge in [-0.25, -0.2) is 17.6 Å². The van der Waals surface area contributed by atoms with Gasteiger partial charge in [0, 0.05) is 45.8 Å². The van der Waals surface area contributed by atoms with Crippen LogP contribution in [0.3, 0.4) is 0 Å². The molecule has 0 saturated carbocycles. The average molecular weight is 574 g/mol. The number of anilines is 1. The van der Waals surface area contributed by atoms with E-state index in [4.69, 9.17) is 9.47 Å². The fourth-order valence-electron chi connectivity index (χ4n) is 5.05. The molecule has 2 saturated heterocycles. The van der Waals surface area contributed by atoms with Gasteiger partial charge in [0.25, 0.3) is 0 Å². The van der Waals surface area contributed by atoms with Gasteiger partial charge in [-0.2, -0.15) is 4.31 Å². The fraction of sp³-hybridized carbons (Fsp3) is 0.393. The Kier molecular flexibility index (Phi) is 8.51. The number of para-hydroxylation sites is 1. The Hall–Kier alpha value is -2.99. The summed E-state index contributed by atoms with van der Waals surface area (Å²) in [7, 11) is -2.54. The molecule has 39 heavy (non-hydrogen) atoms. The number of hydrogen-bond acceptors (Lipinski definition) is 8. The molecule has 5 rings (SSSR count). The lowest BCUT2D eigenvalue weighted by molar-refractivity contribution is 0.0602. The number of carbonyl (C=O) groups is 1. The summed E-state index contributed by atoms with van der Waals surface area (Å²) in [4.78, 5) is 16.5. The van der Waals surface area contributed by atoms with Crippen LogP contribution >= 0.6 is 11.3 Å². The Morgan fingerprint density at radius 3 is 2.33 bits per heavy atom. The first-order valence-electron chi connectivity index (χ1n) is 13.0. The number of nitrogens with zero attached hydrogens (tertiary/aromatic N) is 3. The van der Waals surface area contributed by atoms with E-state index >= 15 is 0 Å². The lowest BCUT2D eigenvalue weighted by Crippen LogP contribution is -2.46. The monoisotopic (exact) mass is 573 g/mol. The van der Waals surface area contributed by atoms with Crippen molar-refractivity contribution in [3.8, 4) is 5.75 Å². The maximum absolute atomic E-state index is 14.1. The molecule has 0 amide bonds. The van der Waals surface area contributed by atoms with Crippen molar-refractivity contribution in [3.05, 3.63) is 76.2 Å². The van der Waals surface area contributed by atoms with Gasteiger partial charge in [-0.1, -0.05) is 24.3 Å². The summed E-state index contributed by atoms with van der Waals surface area (Å²) in [5.74, 6) is -0.0608. The molecule has 8 nitrogen and oxygen atoms in total. The molecule has 2 fully saturated rings. The summed E-state index contributed by atoms with van der Waals surface area (Å²) >= 11 is 1.06. The van der Waals surface area contributed by atoms with Gasteiger partial charge in [0.15, 0.2) is 0 Å². The molecule has 3 heterocycles. The quantitative estimate of drug-likeness (QED) is 0.373. The minimum Gasteiger partial charge on any atom is -0.490 e. The molecule has 0 radical (unpaired) electrons. The second kappa shape index (κ2) is 12.0. The van der Waals surface area contributed by atoms with Crippen LogP contribution in [0, 0.1) is 5.82 Å². The van der Waals surface area contributed by atoms with Gasteiger partial charge in [0.2, 0.25) is 10.0 Å². The highest BCUT2D eigenvalue weighted by molar-refractivity contribution is 7.89. The topological polar surface area (TPSA) is 79.4 Å². The zero-order valence-electron chi connectivity index (χ0n) is 21.8. The molecule has 2 aromatic carbocycles. The highest BCUT2D eigenvalue weighted by Gasteiger charge is 2.34. The molecule has 2 aliphatic heterocycles. The van der Waals surface area contributed by atoms with E-state index < -0.39 is 16.0 Å². The molecule has 0 atom stereocenters. The summed E-state index contributed by atoms with van der Waals surface area (Å²) < 4.78 is 52.6. The Bertz CT molecular complexity index is 1380. The molecular formula is C28H32FN3O5S2. The number of piperidine rings is 1. The molecule has 11 heteroatoms. The van der Waals surface area contributed by atoms with Gasteiger partial charge in [-0.3, -0.25) is 4.90 Å². The largest absolute Gasteiger partial charge is 0.490 e. The molecular weight excluding hydrogens is 541 g/mol. The van der Waals surface area contributed by atoms with Crippen molar-refractivity contribution in [1.29, 1.82) is 0 Å². The van der Waals surface area contributed by atoms with Crippen LogP contribution in [-0.4, -0.2) is 76.1 Å². The minimum atomic E-state index is -3.78. The number of ether oxygens (including phenoxy) is 2. The number of hydrogen-bond donors (Lipinski definition) is 0. The standard InChI is InChI=1S/C28H32FN3O5S2/c1-36-28(33)27-26(12-19-38-27)39(34,35)32-13-10-23(11-14-32)37-22-8-6-21(7-9-22)20-30-15-17-31(18-16-30)25-5-3-2-4-24(25)29/h2-9,12,19,23H,10-11,13-18,20H2,1H3. The third-order valence-electron chi connectivity index (χ3n) is 7.22. The first-order valence-corrected chi connectivity index (χ1v) is 15.3. The first kappa shape index (κ1) is 27.6. The SMILES string of the molecule is COC(=O)c1sccc1S(=O)(=O)N1CCC(Oc2ccc(CN3CCN(c4ccccc4F)CC3)cc2)CC1. The van der Waals surface area contributed by atoms with Crippen molar-refractivity contribution in [1.82, 2.24) is 9.21 Å². The van der Waals surface area contributed by atoms with E-state index in [1.165, 1.54) is 29.1 Å². The number of esters is 1. The highest BCUT2D eigenvalue weighted by atomic mass is 32.2. The molecule has 0 N–H and O–H groups in total. The second-order valence-electron chi connectivity index (χ2n) is 9.69. The van der Waals surface area contributed by atoms with E-state index in [0.717, 1.165) is 49.8 Å². The minimum absolute atomic E-state index is 0.00273. The number of halogens is 1. The molecule has 0 aliphatic carbocycles. The number of carbonyl (C=O) groups excluding carboxylic acids is 1.